The van der Waals surface area contributed by atoms with Gasteiger partial charge in [-0.15, -0.1) is 11.8 Å². The van der Waals surface area contributed by atoms with Crippen LogP contribution in [0.2, 0.25) is 0 Å². The quantitative estimate of drug-likeness (QED) is 0.114. The minimum Gasteiger partial charge on any atom is -0.497 e. The number of anilines is 3. The highest BCUT2D eigenvalue weighted by Gasteiger charge is 2.27. The molecule has 48 heavy (non-hydrogen) atoms. The lowest BCUT2D eigenvalue weighted by Crippen LogP contribution is -2.30. The van der Waals surface area contributed by atoms with Gasteiger partial charge >= 0.3 is 0 Å². The molecule has 1 aliphatic rings. The van der Waals surface area contributed by atoms with Gasteiger partial charge in [0.05, 0.1) is 31.3 Å². The SMILES string of the molecule is COc1ccc(/C=C(\NC(=O)c2ccccc2)C(=O)Nc2cccc(SCC(=O)N3c4ccccc4Sc4ccccc43)c2)c(OC)c1. The van der Waals surface area contributed by atoms with Crippen molar-refractivity contribution in [3.05, 3.63) is 138 Å². The van der Waals surface area contributed by atoms with Crippen LogP contribution in [0, 0.1) is 0 Å². The van der Waals surface area contributed by atoms with E-state index < -0.39 is 11.8 Å². The van der Waals surface area contributed by atoms with Crippen molar-refractivity contribution < 1.29 is 23.9 Å². The Balaban J connectivity index is 1.21. The molecule has 3 amide bonds. The number of thioether (sulfide) groups is 1. The van der Waals surface area contributed by atoms with Crippen molar-refractivity contribution in [1.29, 1.82) is 0 Å². The number of benzene rings is 5. The summed E-state index contributed by atoms with van der Waals surface area (Å²) in [6.07, 6.45) is 1.55. The van der Waals surface area contributed by atoms with Crippen molar-refractivity contribution >= 4 is 64.4 Å². The molecular weight excluding hydrogens is 643 g/mol. The molecule has 8 nitrogen and oxygen atoms in total. The van der Waals surface area contributed by atoms with Gasteiger partial charge < -0.3 is 20.1 Å². The largest absolute Gasteiger partial charge is 0.497 e. The van der Waals surface area contributed by atoms with Gasteiger partial charge in [0.1, 0.15) is 17.2 Å². The van der Waals surface area contributed by atoms with Gasteiger partial charge in [-0.25, -0.2) is 0 Å². The molecule has 0 aliphatic carbocycles. The second-order valence-corrected chi connectivity index (χ2v) is 12.7. The van der Waals surface area contributed by atoms with Crippen molar-refractivity contribution in [3.8, 4) is 11.5 Å². The Hall–Kier alpha value is -5.45. The Labute approximate surface area is 287 Å². The van der Waals surface area contributed by atoms with Gasteiger partial charge in [-0.05, 0) is 72.8 Å². The minimum atomic E-state index is -0.533. The van der Waals surface area contributed by atoms with Crippen LogP contribution in [-0.2, 0) is 9.59 Å². The summed E-state index contributed by atoms with van der Waals surface area (Å²) < 4.78 is 10.8. The van der Waals surface area contributed by atoms with E-state index >= 15 is 0 Å². The average Bonchev–Trinajstić information content (AvgIpc) is 3.13. The Kier molecular flexibility index (Phi) is 10.1. The number of para-hydroxylation sites is 2. The lowest BCUT2D eigenvalue weighted by Gasteiger charge is -2.31. The number of nitrogens with zero attached hydrogens (tertiary/aromatic N) is 1. The summed E-state index contributed by atoms with van der Waals surface area (Å²) >= 11 is 3.03. The van der Waals surface area contributed by atoms with E-state index in [4.69, 9.17) is 9.47 Å². The molecule has 0 bridgehead atoms. The van der Waals surface area contributed by atoms with Crippen molar-refractivity contribution in [1.82, 2.24) is 5.32 Å². The standard InChI is InChI=1S/C38H31N3O5S2/c1-45-28-20-19-26(33(23-28)46-2)21-30(40-37(43)25-11-4-3-5-12-25)38(44)39-27-13-10-14-29(22-27)47-24-36(42)41-31-15-6-8-17-34(31)48-35-18-9-7-16-32(35)41/h3-23H,24H2,1-2H3,(H,39,44)(H,40,43)/b30-21-. The fraction of sp³-hybridized carbons (Fsp3) is 0.0789. The number of carbonyl (C=O) groups is 3. The summed E-state index contributed by atoms with van der Waals surface area (Å²) in [4.78, 5) is 45.1. The van der Waals surface area contributed by atoms with Crippen LogP contribution in [0.3, 0.4) is 0 Å². The molecule has 0 unspecified atom stereocenters. The predicted octanol–water partition coefficient (Wildman–Crippen LogP) is 8.04. The van der Waals surface area contributed by atoms with Crippen molar-refractivity contribution in [2.45, 2.75) is 14.7 Å². The van der Waals surface area contributed by atoms with E-state index in [1.54, 1.807) is 84.4 Å². The zero-order chi connectivity index (χ0) is 33.5. The van der Waals surface area contributed by atoms with Gasteiger partial charge in [0.25, 0.3) is 11.8 Å². The molecule has 1 aliphatic heterocycles. The molecular formula is C38H31N3O5S2. The third-order valence-corrected chi connectivity index (χ3v) is 9.51. The molecule has 0 saturated carbocycles. The van der Waals surface area contributed by atoms with E-state index in [-0.39, 0.29) is 17.4 Å². The Morgan fingerprint density at radius 2 is 1.46 bits per heavy atom. The smallest absolute Gasteiger partial charge is 0.272 e. The van der Waals surface area contributed by atoms with Gasteiger partial charge in [0.15, 0.2) is 0 Å². The maximum atomic E-state index is 13.7. The van der Waals surface area contributed by atoms with Gasteiger partial charge in [-0.3, -0.25) is 19.3 Å². The lowest BCUT2D eigenvalue weighted by molar-refractivity contribution is -0.115. The fourth-order valence-corrected chi connectivity index (χ4v) is 6.94. The van der Waals surface area contributed by atoms with E-state index in [9.17, 15) is 14.4 Å². The number of methoxy groups -OCH3 is 2. The molecule has 5 aromatic carbocycles. The Morgan fingerprint density at radius 1 is 0.771 bits per heavy atom. The molecule has 0 aromatic heterocycles. The zero-order valence-electron chi connectivity index (χ0n) is 26.1. The first-order valence-electron chi connectivity index (χ1n) is 15.0. The van der Waals surface area contributed by atoms with Crippen molar-refractivity contribution in [3.63, 3.8) is 0 Å². The molecule has 0 spiro atoms. The molecule has 0 saturated heterocycles. The molecule has 1 heterocycles. The fourth-order valence-electron chi connectivity index (χ4n) is 5.08. The average molecular weight is 674 g/mol. The van der Waals surface area contributed by atoms with Gasteiger partial charge in [-0.2, -0.15) is 0 Å². The van der Waals surface area contributed by atoms with Crippen LogP contribution in [-0.4, -0.2) is 37.7 Å². The monoisotopic (exact) mass is 673 g/mol. The highest BCUT2D eigenvalue weighted by Crippen LogP contribution is 2.48. The van der Waals surface area contributed by atoms with Crippen LogP contribution in [0.5, 0.6) is 11.5 Å². The maximum Gasteiger partial charge on any atom is 0.272 e. The number of rotatable bonds is 10. The summed E-state index contributed by atoms with van der Waals surface area (Å²) in [7, 11) is 3.07. The number of carbonyl (C=O) groups excluding carboxylic acids is 3. The third-order valence-electron chi connectivity index (χ3n) is 7.41. The van der Waals surface area contributed by atoms with Crippen LogP contribution in [0.15, 0.2) is 142 Å². The van der Waals surface area contributed by atoms with Crippen LogP contribution in [0.4, 0.5) is 17.1 Å². The number of ether oxygens (including phenoxy) is 2. The Bertz CT molecular complexity index is 1970. The van der Waals surface area contributed by atoms with Crippen LogP contribution >= 0.6 is 23.5 Å². The number of nitrogens with one attached hydrogen (secondary N) is 2. The summed E-state index contributed by atoms with van der Waals surface area (Å²) in [6.45, 7) is 0. The normalized spacial score (nSPS) is 12.0. The number of hydrogen-bond acceptors (Lipinski definition) is 7. The lowest BCUT2D eigenvalue weighted by atomic mass is 10.1. The first-order valence-corrected chi connectivity index (χ1v) is 16.8. The maximum absolute atomic E-state index is 13.7. The zero-order valence-corrected chi connectivity index (χ0v) is 27.8. The van der Waals surface area contributed by atoms with E-state index in [2.05, 4.69) is 10.6 Å². The highest BCUT2D eigenvalue weighted by atomic mass is 32.2. The first kappa shape index (κ1) is 32.5. The molecule has 10 heteroatoms. The summed E-state index contributed by atoms with van der Waals surface area (Å²) in [5.74, 6) is 0.205. The molecule has 0 atom stereocenters. The second kappa shape index (κ2) is 15.0. The predicted molar refractivity (Wildman–Crippen MR) is 191 cm³/mol. The molecule has 0 radical (unpaired) electrons. The van der Waals surface area contributed by atoms with Crippen molar-refractivity contribution in [2.24, 2.45) is 0 Å². The van der Waals surface area contributed by atoms with E-state index in [1.165, 1.54) is 18.9 Å². The third kappa shape index (κ3) is 7.41. The first-order chi connectivity index (χ1) is 23.4. The topological polar surface area (TPSA) is 97.0 Å². The van der Waals surface area contributed by atoms with E-state index in [1.807, 2.05) is 66.7 Å². The van der Waals surface area contributed by atoms with Gasteiger partial charge in [0.2, 0.25) is 5.91 Å². The summed E-state index contributed by atoms with van der Waals surface area (Å²) in [5, 5.41) is 5.65. The Morgan fingerprint density at radius 3 is 2.15 bits per heavy atom. The van der Waals surface area contributed by atoms with Crippen LogP contribution in [0.1, 0.15) is 15.9 Å². The number of amides is 3. The molecule has 0 fully saturated rings. The molecule has 2 N–H and O–H groups in total. The van der Waals surface area contributed by atoms with Crippen molar-refractivity contribution in [2.75, 3.05) is 30.2 Å². The van der Waals surface area contributed by atoms with Gasteiger partial charge in [0, 0.05) is 37.6 Å². The van der Waals surface area contributed by atoms with Crippen LogP contribution < -0.4 is 25.0 Å². The molecule has 6 rings (SSSR count). The summed E-state index contributed by atoms with van der Waals surface area (Å²) in [6, 6.07) is 36.8. The molecule has 240 valence electrons. The van der Waals surface area contributed by atoms with E-state index in [0.29, 0.717) is 28.3 Å². The van der Waals surface area contributed by atoms with E-state index in [0.717, 1.165) is 26.1 Å². The van der Waals surface area contributed by atoms with Crippen LogP contribution in [0.25, 0.3) is 6.08 Å². The number of fused-ring (bicyclic) bond motifs is 2. The second-order valence-electron chi connectivity index (χ2n) is 10.5. The minimum absolute atomic E-state index is 0.0147. The summed E-state index contributed by atoms with van der Waals surface area (Å²) in [5.41, 5.74) is 3.21. The molecule has 5 aromatic rings. The van der Waals surface area contributed by atoms with Gasteiger partial charge in [-0.1, -0.05) is 60.3 Å². The highest BCUT2D eigenvalue weighted by molar-refractivity contribution is 8.00. The number of hydrogen-bond donors (Lipinski definition) is 2.